The van der Waals surface area contributed by atoms with Crippen LogP contribution in [0.15, 0.2) is 52.4 Å². The molecule has 0 fully saturated rings. The molecule has 180 valence electrons. The van der Waals surface area contributed by atoms with E-state index in [1.807, 2.05) is 24.0 Å². The van der Waals surface area contributed by atoms with E-state index in [0.29, 0.717) is 22.9 Å². The highest BCUT2D eigenvalue weighted by Crippen LogP contribution is 2.49. The van der Waals surface area contributed by atoms with Crippen molar-refractivity contribution in [3.05, 3.63) is 57.5 Å². The van der Waals surface area contributed by atoms with Gasteiger partial charge >= 0.3 is 0 Å². The largest absolute Gasteiger partial charge is 0.335 e. The lowest BCUT2D eigenvalue weighted by molar-refractivity contribution is -1.92. The zero-order valence-electron chi connectivity index (χ0n) is 18.8. The van der Waals surface area contributed by atoms with Gasteiger partial charge in [0.15, 0.2) is 0 Å². The van der Waals surface area contributed by atoms with E-state index < -0.39 is 21.1 Å². The van der Waals surface area contributed by atoms with Gasteiger partial charge in [-0.1, -0.05) is 53.0 Å². The number of hydroxylamine groups is 2. The van der Waals surface area contributed by atoms with Crippen molar-refractivity contribution in [1.29, 1.82) is 0 Å². The van der Waals surface area contributed by atoms with Gasteiger partial charge in [-0.15, -0.1) is 0 Å². The highest BCUT2D eigenvalue weighted by atomic mass is 35.7. The molecule has 0 saturated carbocycles. The third kappa shape index (κ3) is 4.49. The molecule has 2 heterocycles. The van der Waals surface area contributed by atoms with E-state index in [1.54, 1.807) is 30.8 Å². The van der Waals surface area contributed by atoms with Crippen molar-refractivity contribution in [2.24, 2.45) is 0 Å². The smallest absolute Gasteiger partial charge is 0.277 e. The van der Waals surface area contributed by atoms with Crippen LogP contribution >= 0.6 is 35.0 Å². The number of fused-ring (bicyclic) bond motifs is 2. The van der Waals surface area contributed by atoms with Crippen LogP contribution in [0.25, 0.3) is 0 Å². The number of anilines is 2. The predicted octanol–water partition coefficient (Wildman–Crippen LogP) is 2.79. The summed E-state index contributed by atoms with van der Waals surface area (Å²) in [5.74, 6) is 6.24. The van der Waals surface area contributed by atoms with Crippen LogP contribution in [0, 0.1) is 22.1 Å². The minimum atomic E-state index is -4.76. The summed E-state index contributed by atoms with van der Waals surface area (Å²) in [4.78, 5) is 5.17. The first-order valence-corrected chi connectivity index (χ1v) is 13.5. The molecule has 0 N–H and O–H groups in total. The molecule has 0 amide bonds. The van der Waals surface area contributed by atoms with E-state index in [1.165, 1.54) is 6.07 Å². The summed E-state index contributed by atoms with van der Waals surface area (Å²) in [6, 6.07) is 11.3. The Hall–Kier alpha value is -1.64. The summed E-state index contributed by atoms with van der Waals surface area (Å²) in [5.41, 5.74) is 2.15. The molecule has 4 rings (SSSR count). The number of halogens is 3. The van der Waals surface area contributed by atoms with Crippen LogP contribution in [-0.4, -0.2) is 25.8 Å². The molecule has 7 nitrogen and oxygen atoms in total. The molecule has 0 aromatic heterocycles. The average molecular weight is 544 g/mol. The summed E-state index contributed by atoms with van der Waals surface area (Å²) in [5, 5.41) is 1.50. The van der Waals surface area contributed by atoms with E-state index in [0.717, 1.165) is 22.2 Å². The number of thioether (sulfide) groups is 1. The molecule has 2 aromatic rings. The van der Waals surface area contributed by atoms with E-state index in [9.17, 15) is 14.0 Å². The molecule has 0 bridgehead atoms. The second-order valence-corrected chi connectivity index (χ2v) is 10.3. The number of rotatable bonds is 5. The minimum Gasteiger partial charge on any atom is -0.335 e. The van der Waals surface area contributed by atoms with E-state index >= 15 is 0 Å². The Morgan fingerprint density at radius 3 is 2.44 bits per heavy atom. The number of hydrogen-bond donors (Lipinski definition) is 0. The number of allylic oxidation sites excluding steroid dienone is 1. The quantitative estimate of drug-likeness (QED) is 0.423. The second-order valence-electron chi connectivity index (χ2n) is 7.56. The average Bonchev–Trinajstić information content (AvgIpc) is 3.26. The monoisotopic (exact) mass is 542 g/mol. The Bertz CT molecular complexity index is 1190. The lowest BCUT2D eigenvalue weighted by atomic mass is 10.2. The molecule has 0 radical (unpaired) electrons. The van der Waals surface area contributed by atoms with Crippen molar-refractivity contribution >= 4 is 52.0 Å². The fourth-order valence-electron chi connectivity index (χ4n) is 4.36. The van der Waals surface area contributed by atoms with Crippen molar-refractivity contribution < 1.29 is 28.6 Å². The Labute approximate surface area is 215 Å². The molecule has 11 heteroatoms. The van der Waals surface area contributed by atoms with Gasteiger partial charge in [0.1, 0.15) is 22.5 Å². The van der Waals surface area contributed by atoms with Crippen molar-refractivity contribution in [3.63, 3.8) is 0 Å². The highest BCUT2D eigenvalue weighted by molar-refractivity contribution is 8.03. The predicted molar refractivity (Wildman–Crippen MR) is 128 cm³/mol. The Morgan fingerprint density at radius 1 is 1.09 bits per heavy atom. The SMILES string of the molecule is CCN1C(=CC#CC2N(CC)c3cc(Cl)c(Cl)cc3[N+]2(CC)O[Cl+3]([O-])([O-])[O-])Sc2ccccc21. The maximum Gasteiger partial charge on any atom is 0.277 e. The number of quaternary nitrogens is 1. The number of para-hydroxylation sites is 1. The summed E-state index contributed by atoms with van der Waals surface area (Å²) in [6.45, 7) is 7.06. The Morgan fingerprint density at radius 2 is 1.79 bits per heavy atom. The van der Waals surface area contributed by atoms with Crippen LogP contribution < -0.4 is 28.4 Å². The van der Waals surface area contributed by atoms with Gasteiger partial charge in [-0.2, -0.15) is 14.0 Å². The van der Waals surface area contributed by atoms with Gasteiger partial charge in [0.05, 0.1) is 20.8 Å². The second kappa shape index (κ2) is 9.78. The molecule has 2 aliphatic rings. The van der Waals surface area contributed by atoms with Crippen LogP contribution in [0.2, 0.25) is 10.0 Å². The normalized spacial score (nSPS) is 22.6. The molecule has 34 heavy (non-hydrogen) atoms. The molecule has 2 atom stereocenters. The van der Waals surface area contributed by atoms with Crippen molar-refractivity contribution in [2.75, 3.05) is 29.4 Å². The molecule has 0 spiro atoms. The molecular weight excluding hydrogens is 521 g/mol. The van der Waals surface area contributed by atoms with Crippen LogP contribution in [0.3, 0.4) is 0 Å². The van der Waals surface area contributed by atoms with Gasteiger partial charge in [-0.25, -0.2) is 0 Å². The van der Waals surface area contributed by atoms with Crippen molar-refractivity contribution in [3.8, 4) is 11.8 Å². The van der Waals surface area contributed by atoms with Gasteiger partial charge in [0, 0.05) is 34.8 Å². The number of nitrogens with zero attached hydrogens (tertiary/aromatic N) is 3. The molecule has 2 unspecified atom stereocenters. The third-order valence-corrected chi connectivity index (χ3v) is 8.05. The maximum absolute atomic E-state index is 11.8. The van der Waals surface area contributed by atoms with Crippen molar-refractivity contribution in [1.82, 2.24) is 4.65 Å². The lowest BCUT2D eigenvalue weighted by Crippen LogP contribution is -2.71. The summed E-state index contributed by atoms with van der Waals surface area (Å²) in [6.07, 6.45) is 0.995. The molecule has 2 aliphatic heterocycles. The van der Waals surface area contributed by atoms with E-state index in [2.05, 4.69) is 35.8 Å². The third-order valence-electron chi connectivity index (χ3n) is 5.80. The first-order valence-electron chi connectivity index (χ1n) is 10.7. The minimum absolute atomic E-state index is 0.118. The van der Waals surface area contributed by atoms with Gasteiger partial charge in [0.25, 0.3) is 10.6 Å². The molecule has 0 aliphatic carbocycles. The molecule has 0 saturated heterocycles. The first-order chi connectivity index (χ1) is 16.1. The van der Waals surface area contributed by atoms with Gasteiger partial charge in [-0.3, -0.25) is 0 Å². The topological polar surface area (TPSA) is 84.9 Å². The summed E-state index contributed by atoms with van der Waals surface area (Å²) < 4.78 is 39.8. The van der Waals surface area contributed by atoms with Gasteiger partial charge in [-0.05, 0) is 44.9 Å². The summed E-state index contributed by atoms with van der Waals surface area (Å²) in [7, 11) is -4.76. The van der Waals surface area contributed by atoms with Crippen molar-refractivity contribution in [2.45, 2.75) is 31.8 Å². The zero-order valence-corrected chi connectivity index (χ0v) is 21.8. The molecular formula is C23H23Cl3N3O4S+. The zero-order chi connectivity index (χ0) is 24.7. The fourth-order valence-corrected chi connectivity index (χ4v) is 6.33. The van der Waals surface area contributed by atoms with Crippen LogP contribution in [0.5, 0.6) is 0 Å². The lowest BCUT2D eigenvalue weighted by Gasteiger charge is -2.29. The standard InChI is InChI=1S/C23H23Cl3N3O4S/c1-4-27-19-14-16(24)17(25)15-20(19)29(6-3,33-26(30,31)32)22(27)12-9-13-23-28(5-2)18-10-7-8-11-21(18)34-23/h7-8,10-11,13-15,22H,4-6H2,1-3H3/q+1. The number of hydrogen-bond acceptors (Lipinski definition) is 7. The van der Waals surface area contributed by atoms with Crippen LogP contribution in [0.4, 0.5) is 17.1 Å². The Balaban J connectivity index is 1.79. The fraction of sp³-hybridized carbons (Fsp3) is 0.304. The summed E-state index contributed by atoms with van der Waals surface area (Å²) >= 11 is 14.1. The first kappa shape index (κ1) is 25.5. The number of benzene rings is 2. The van der Waals surface area contributed by atoms with Crippen LogP contribution in [-0.2, 0) is 4.39 Å². The molecule has 2 aromatic carbocycles. The van der Waals surface area contributed by atoms with Gasteiger partial charge < -0.3 is 9.80 Å². The Kier molecular flexibility index (Phi) is 7.32. The van der Waals surface area contributed by atoms with E-state index in [4.69, 9.17) is 27.6 Å². The maximum atomic E-state index is 11.8. The van der Waals surface area contributed by atoms with Crippen LogP contribution in [0.1, 0.15) is 20.8 Å². The van der Waals surface area contributed by atoms with E-state index in [-0.39, 0.29) is 11.6 Å². The van der Waals surface area contributed by atoms with Gasteiger partial charge in [0.2, 0.25) is 5.69 Å². The highest BCUT2D eigenvalue weighted by Gasteiger charge is 2.61.